The SMILES string of the molecule is CN=C(NCCOc1ccccc1)NCc1ccc(OCCOC)cc1. The highest BCUT2D eigenvalue weighted by Gasteiger charge is 2.00. The van der Waals surface area contributed by atoms with Crippen LogP contribution in [0.1, 0.15) is 5.56 Å². The van der Waals surface area contributed by atoms with E-state index in [0.717, 1.165) is 23.0 Å². The summed E-state index contributed by atoms with van der Waals surface area (Å²) in [5.74, 6) is 2.44. The fraction of sp³-hybridized carbons (Fsp3) is 0.350. The number of guanidine groups is 1. The minimum Gasteiger partial charge on any atom is -0.492 e. The molecule has 6 heteroatoms. The molecule has 0 radical (unpaired) electrons. The summed E-state index contributed by atoms with van der Waals surface area (Å²) in [7, 11) is 3.41. The van der Waals surface area contributed by atoms with Gasteiger partial charge >= 0.3 is 0 Å². The van der Waals surface area contributed by atoms with Gasteiger partial charge in [0.1, 0.15) is 24.7 Å². The molecule has 2 aromatic carbocycles. The van der Waals surface area contributed by atoms with Crippen molar-refractivity contribution in [2.75, 3.05) is 40.5 Å². The number of nitrogens with zero attached hydrogens (tertiary/aromatic N) is 1. The van der Waals surface area contributed by atoms with Gasteiger partial charge in [0.2, 0.25) is 0 Å². The molecule has 0 amide bonds. The highest BCUT2D eigenvalue weighted by Crippen LogP contribution is 2.12. The zero-order chi connectivity index (χ0) is 18.5. The predicted molar refractivity (Wildman–Crippen MR) is 104 cm³/mol. The van der Waals surface area contributed by atoms with Crippen LogP contribution in [-0.2, 0) is 11.3 Å². The first-order valence-electron chi connectivity index (χ1n) is 8.65. The molecule has 0 heterocycles. The van der Waals surface area contributed by atoms with Gasteiger partial charge in [0.05, 0.1) is 13.2 Å². The predicted octanol–water partition coefficient (Wildman–Crippen LogP) is 2.46. The van der Waals surface area contributed by atoms with Crippen LogP contribution in [0.4, 0.5) is 0 Å². The largest absolute Gasteiger partial charge is 0.492 e. The van der Waals surface area contributed by atoms with Gasteiger partial charge in [0, 0.05) is 20.7 Å². The van der Waals surface area contributed by atoms with E-state index in [4.69, 9.17) is 14.2 Å². The molecule has 0 saturated heterocycles. The zero-order valence-corrected chi connectivity index (χ0v) is 15.4. The summed E-state index contributed by atoms with van der Waals surface area (Å²) in [5.41, 5.74) is 1.15. The summed E-state index contributed by atoms with van der Waals surface area (Å²) in [6.07, 6.45) is 0. The van der Waals surface area contributed by atoms with Crippen LogP contribution in [0.15, 0.2) is 59.6 Å². The number of hydrogen-bond donors (Lipinski definition) is 2. The van der Waals surface area contributed by atoms with Crippen LogP contribution >= 0.6 is 0 Å². The topological polar surface area (TPSA) is 64.1 Å². The van der Waals surface area contributed by atoms with Crippen molar-refractivity contribution < 1.29 is 14.2 Å². The third-order valence-corrected chi connectivity index (χ3v) is 3.57. The summed E-state index contributed by atoms with van der Waals surface area (Å²) in [4.78, 5) is 4.22. The van der Waals surface area contributed by atoms with Crippen molar-refractivity contribution in [1.82, 2.24) is 10.6 Å². The highest BCUT2D eigenvalue weighted by atomic mass is 16.5. The molecule has 2 N–H and O–H groups in total. The number of hydrogen-bond acceptors (Lipinski definition) is 4. The Morgan fingerprint density at radius 1 is 0.846 bits per heavy atom. The molecule has 6 nitrogen and oxygen atoms in total. The number of para-hydroxylation sites is 1. The minimum atomic E-state index is 0.551. The molecule has 0 aliphatic rings. The van der Waals surface area contributed by atoms with Gasteiger partial charge in [0.15, 0.2) is 5.96 Å². The Labute approximate surface area is 155 Å². The standard InChI is InChI=1S/C20H27N3O3/c1-21-20(22-12-13-25-18-6-4-3-5-7-18)23-16-17-8-10-19(11-9-17)26-15-14-24-2/h3-11H,12-16H2,1-2H3,(H2,21,22,23). The van der Waals surface area contributed by atoms with Crippen molar-refractivity contribution in [2.45, 2.75) is 6.54 Å². The van der Waals surface area contributed by atoms with E-state index < -0.39 is 0 Å². The Morgan fingerprint density at radius 3 is 2.23 bits per heavy atom. The lowest BCUT2D eigenvalue weighted by Crippen LogP contribution is -2.38. The second kappa shape index (κ2) is 11.8. The molecule has 0 unspecified atom stereocenters. The molecule has 0 aliphatic heterocycles. The molecule has 0 saturated carbocycles. The molecule has 0 aromatic heterocycles. The number of benzene rings is 2. The molecule has 0 aliphatic carbocycles. The summed E-state index contributed by atoms with van der Waals surface area (Å²) >= 11 is 0. The second-order valence-electron chi connectivity index (χ2n) is 5.50. The van der Waals surface area contributed by atoms with Crippen molar-refractivity contribution in [3.05, 3.63) is 60.2 Å². The first-order chi connectivity index (χ1) is 12.8. The number of nitrogens with one attached hydrogen (secondary N) is 2. The van der Waals surface area contributed by atoms with E-state index in [1.807, 2.05) is 54.6 Å². The van der Waals surface area contributed by atoms with Gasteiger partial charge in [-0.1, -0.05) is 30.3 Å². The summed E-state index contributed by atoms with van der Waals surface area (Å²) < 4.78 is 16.2. The fourth-order valence-corrected chi connectivity index (χ4v) is 2.21. The van der Waals surface area contributed by atoms with Crippen molar-refractivity contribution in [3.8, 4) is 11.5 Å². The smallest absolute Gasteiger partial charge is 0.191 e. The molecule has 140 valence electrons. The van der Waals surface area contributed by atoms with Gasteiger partial charge in [-0.2, -0.15) is 0 Å². The van der Waals surface area contributed by atoms with E-state index in [9.17, 15) is 0 Å². The Bertz CT molecular complexity index is 645. The van der Waals surface area contributed by atoms with Crippen molar-refractivity contribution in [3.63, 3.8) is 0 Å². The van der Waals surface area contributed by atoms with Gasteiger partial charge in [-0.25, -0.2) is 0 Å². The quantitative estimate of drug-likeness (QED) is 0.388. The van der Waals surface area contributed by atoms with Gasteiger partial charge in [0.25, 0.3) is 0 Å². The van der Waals surface area contributed by atoms with Crippen molar-refractivity contribution in [2.24, 2.45) is 4.99 Å². The van der Waals surface area contributed by atoms with Gasteiger partial charge in [-0.05, 0) is 29.8 Å². The molecule has 0 spiro atoms. The Morgan fingerprint density at radius 2 is 1.54 bits per heavy atom. The van der Waals surface area contributed by atoms with Crippen LogP contribution in [0.3, 0.4) is 0 Å². The van der Waals surface area contributed by atoms with Crippen LogP contribution < -0.4 is 20.1 Å². The molecule has 2 aromatic rings. The van der Waals surface area contributed by atoms with Crippen LogP contribution in [-0.4, -0.2) is 46.5 Å². The molecule has 0 atom stereocenters. The number of rotatable bonds is 10. The highest BCUT2D eigenvalue weighted by molar-refractivity contribution is 5.79. The molecule has 0 bridgehead atoms. The van der Waals surface area contributed by atoms with Gasteiger partial charge in [-0.15, -0.1) is 0 Å². The van der Waals surface area contributed by atoms with Crippen LogP contribution in [0.25, 0.3) is 0 Å². The molecule has 0 fully saturated rings. The van der Waals surface area contributed by atoms with E-state index in [1.165, 1.54) is 0 Å². The maximum Gasteiger partial charge on any atom is 0.191 e. The Hall–Kier alpha value is -2.73. The second-order valence-corrected chi connectivity index (χ2v) is 5.50. The van der Waals surface area contributed by atoms with E-state index in [2.05, 4.69) is 15.6 Å². The average Bonchev–Trinajstić information content (AvgIpc) is 2.69. The Balaban J connectivity index is 1.66. The maximum absolute atomic E-state index is 5.65. The first kappa shape index (κ1) is 19.6. The Kier molecular flexibility index (Phi) is 8.86. The van der Waals surface area contributed by atoms with Crippen LogP contribution in [0.5, 0.6) is 11.5 Å². The maximum atomic E-state index is 5.65. The van der Waals surface area contributed by atoms with Crippen molar-refractivity contribution >= 4 is 5.96 Å². The fourth-order valence-electron chi connectivity index (χ4n) is 2.21. The summed E-state index contributed by atoms with van der Waals surface area (Å²) in [5, 5.41) is 6.51. The number of methoxy groups -OCH3 is 1. The lowest BCUT2D eigenvalue weighted by atomic mass is 10.2. The number of aliphatic imine (C=N–C) groups is 1. The third kappa shape index (κ3) is 7.44. The van der Waals surface area contributed by atoms with Crippen molar-refractivity contribution in [1.29, 1.82) is 0 Å². The molecular weight excluding hydrogens is 330 g/mol. The summed E-state index contributed by atoms with van der Waals surface area (Å²) in [6.45, 7) is 3.05. The molecular formula is C20H27N3O3. The lowest BCUT2D eigenvalue weighted by molar-refractivity contribution is 0.146. The van der Waals surface area contributed by atoms with E-state index in [1.54, 1.807) is 14.2 Å². The summed E-state index contributed by atoms with van der Waals surface area (Å²) in [6, 6.07) is 17.7. The number of ether oxygens (including phenoxy) is 3. The van der Waals surface area contributed by atoms with Gasteiger partial charge < -0.3 is 24.8 Å². The van der Waals surface area contributed by atoms with E-state index in [0.29, 0.717) is 32.9 Å². The van der Waals surface area contributed by atoms with Crippen LogP contribution in [0, 0.1) is 0 Å². The normalized spacial score (nSPS) is 11.1. The third-order valence-electron chi connectivity index (χ3n) is 3.57. The minimum absolute atomic E-state index is 0.551. The molecule has 26 heavy (non-hydrogen) atoms. The average molecular weight is 357 g/mol. The molecule has 2 rings (SSSR count). The van der Waals surface area contributed by atoms with E-state index >= 15 is 0 Å². The van der Waals surface area contributed by atoms with E-state index in [-0.39, 0.29) is 0 Å². The monoisotopic (exact) mass is 357 g/mol. The van der Waals surface area contributed by atoms with Crippen LogP contribution in [0.2, 0.25) is 0 Å². The first-order valence-corrected chi connectivity index (χ1v) is 8.65. The zero-order valence-electron chi connectivity index (χ0n) is 15.4. The van der Waals surface area contributed by atoms with Gasteiger partial charge in [-0.3, -0.25) is 4.99 Å². The lowest BCUT2D eigenvalue weighted by Gasteiger charge is -2.13.